The summed E-state index contributed by atoms with van der Waals surface area (Å²) < 4.78 is 5.30. The zero-order valence-electron chi connectivity index (χ0n) is 10.6. The predicted molar refractivity (Wildman–Crippen MR) is 74.4 cm³/mol. The number of amides is 1. The van der Waals surface area contributed by atoms with E-state index in [0.717, 1.165) is 0 Å². The molecule has 2 rings (SSSR count). The average molecular weight is 292 g/mol. The van der Waals surface area contributed by atoms with Crippen molar-refractivity contribution in [3.63, 3.8) is 0 Å². The van der Waals surface area contributed by atoms with E-state index in [1.165, 1.54) is 23.5 Å². The van der Waals surface area contributed by atoms with E-state index in [-0.39, 0.29) is 18.1 Å². The fraction of sp³-hybridized carbons (Fsp3) is 0.154. The highest BCUT2D eigenvalue weighted by Crippen LogP contribution is 2.17. The molecule has 0 aliphatic carbocycles. The summed E-state index contributed by atoms with van der Waals surface area (Å²) in [5.74, 6) is -0.864. The highest BCUT2D eigenvalue weighted by molar-refractivity contribution is 7.13. The summed E-state index contributed by atoms with van der Waals surface area (Å²) in [6.45, 7) is 1.51. The lowest BCUT2D eigenvalue weighted by Gasteiger charge is -2.08. The van der Waals surface area contributed by atoms with Crippen LogP contribution in [-0.2, 0) is 4.79 Å². The van der Waals surface area contributed by atoms with E-state index in [1.807, 2.05) is 0 Å². The van der Waals surface area contributed by atoms with Gasteiger partial charge >= 0.3 is 5.97 Å². The number of carbonyl (C=O) groups is 2. The average Bonchev–Trinajstić information content (AvgIpc) is 2.89. The molecule has 1 aromatic carbocycles. The molecule has 0 saturated carbocycles. The van der Waals surface area contributed by atoms with Crippen LogP contribution in [-0.4, -0.2) is 28.6 Å². The van der Waals surface area contributed by atoms with Gasteiger partial charge in [-0.25, -0.2) is 9.78 Å². The van der Waals surface area contributed by atoms with Crippen LogP contribution >= 0.6 is 11.3 Å². The van der Waals surface area contributed by atoms with Gasteiger partial charge in [-0.3, -0.25) is 10.1 Å². The fourth-order valence-electron chi connectivity index (χ4n) is 1.56. The Bertz CT molecular complexity index is 625. The molecule has 0 aliphatic rings. The number of rotatable bonds is 5. The van der Waals surface area contributed by atoms with Crippen molar-refractivity contribution in [3.05, 3.63) is 40.9 Å². The molecule has 0 radical (unpaired) electrons. The Kier molecular flexibility index (Phi) is 4.31. The normalized spacial score (nSPS) is 10.1. The summed E-state index contributed by atoms with van der Waals surface area (Å²) in [4.78, 5) is 26.4. The topological polar surface area (TPSA) is 88.5 Å². The maximum atomic E-state index is 11.6. The number of carbonyl (C=O) groups excluding carboxylic acids is 1. The van der Waals surface area contributed by atoms with E-state index < -0.39 is 5.97 Å². The van der Waals surface area contributed by atoms with Crippen LogP contribution in [0.1, 0.15) is 15.9 Å². The summed E-state index contributed by atoms with van der Waals surface area (Å²) in [6, 6.07) is 4.55. The number of aryl methyl sites for hydroxylation is 1. The number of thiazole rings is 1. The van der Waals surface area contributed by atoms with E-state index in [1.54, 1.807) is 24.6 Å². The third-order valence-electron chi connectivity index (χ3n) is 2.48. The van der Waals surface area contributed by atoms with Crippen LogP contribution in [0.3, 0.4) is 0 Å². The Labute approximate surface area is 119 Å². The number of ether oxygens (including phenoxy) is 1. The lowest BCUT2D eigenvalue weighted by molar-refractivity contribution is -0.118. The molecule has 6 nitrogen and oxygen atoms in total. The number of carboxylic acid groups (broad SMARTS) is 1. The van der Waals surface area contributed by atoms with Gasteiger partial charge in [0.05, 0.1) is 5.56 Å². The van der Waals surface area contributed by atoms with Crippen molar-refractivity contribution in [2.75, 3.05) is 11.9 Å². The molecule has 1 amide bonds. The summed E-state index contributed by atoms with van der Waals surface area (Å²) in [5, 5.41) is 13.8. The fourth-order valence-corrected chi connectivity index (χ4v) is 2.10. The van der Waals surface area contributed by atoms with Crippen molar-refractivity contribution < 1.29 is 19.4 Å². The van der Waals surface area contributed by atoms with Gasteiger partial charge in [-0.05, 0) is 30.7 Å². The predicted octanol–water partition coefficient (Wildman–Crippen LogP) is 2.17. The molecule has 0 atom stereocenters. The maximum absolute atomic E-state index is 11.6. The largest absolute Gasteiger partial charge is 0.484 e. The summed E-state index contributed by atoms with van der Waals surface area (Å²) in [5.41, 5.74) is 0.792. The molecule has 0 aliphatic heterocycles. The van der Waals surface area contributed by atoms with Crippen molar-refractivity contribution in [1.29, 1.82) is 0 Å². The van der Waals surface area contributed by atoms with Crippen LogP contribution in [0.25, 0.3) is 0 Å². The number of nitrogens with one attached hydrogen (secondary N) is 1. The molecule has 1 aromatic heterocycles. The molecule has 0 fully saturated rings. The van der Waals surface area contributed by atoms with Crippen molar-refractivity contribution in [3.8, 4) is 5.75 Å². The minimum atomic E-state index is -0.990. The van der Waals surface area contributed by atoms with Crippen molar-refractivity contribution in [1.82, 2.24) is 4.98 Å². The van der Waals surface area contributed by atoms with Crippen LogP contribution in [0.4, 0.5) is 5.13 Å². The quantitative estimate of drug-likeness (QED) is 0.881. The molecule has 104 valence electrons. The summed E-state index contributed by atoms with van der Waals surface area (Å²) >= 11 is 1.32. The first kappa shape index (κ1) is 14.0. The van der Waals surface area contributed by atoms with Gasteiger partial charge in [0.2, 0.25) is 0 Å². The van der Waals surface area contributed by atoms with Crippen molar-refractivity contribution >= 4 is 28.3 Å². The second kappa shape index (κ2) is 6.16. The molecule has 0 bridgehead atoms. The number of carboxylic acids is 1. The molecule has 0 saturated heterocycles. The number of nitrogens with zero attached hydrogens (tertiary/aromatic N) is 1. The second-order valence-corrected chi connectivity index (χ2v) is 4.85. The van der Waals surface area contributed by atoms with Crippen LogP contribution < -0.4 is 10.1 Å². The smallest absolute Gasteiger partial charge is 0.335 e. The van der Waals surface area contributed by atoms with Gasteiger partial charge in [0.1, 0.15) is 5.75 Å². The van der Waals surface area contributed by atoms with Crippen LogP contribution in [0.5, 0.6) is 5.75 Å². The van der Waals surface area contributed by atoms with Crippen LogP contribution in [0.15, 0.2) is 29.8 Å². The summed E-state index contributed by atoms with van der Waals surface area (Å²) in [6.07, 6.45) is 1.59. The molecule has 7 heteroatoms. The van der Waals surface area contributed by atoms with Crippen molar-refractivity contribution in [2.45, 2.75) is 6.92 Å². The van der Waals surface area contributed by atoms with E-state index in [2.05, 4.69) is 10.3 Å². The highest BCUT2D eigenvalue weighted by Gasteiger charge is 2.09. The first-order valence-electron chi connectivity index (χ1n) is 5.72. The minimum absolute atomic E-state index is 0.161. The molecule has 2 N–H and O–H groups in total. The lowest BCUT2D eigenvalue weighted by Crippen LogP contribution is -2.20. The number of anilines is 1. The van der Waals surface area contributed by atoms with Gasteiger partial charge < -0.3 is 9.84 Å². The molecule has 1 heterocycles. The molecule has 0 unspecified atom stereocenters. The Morgan fingerprint density at radius 1 is 1.45 bits per heavy atom. The van der Waals surface area contributed by atoms with E-state index in [9.17, 15) is 9.59 Å². The first-order valence-corrected chi connectivity index (χ1v) is 6.60. The third kappa shape index (κ3) is 3.55. The lowest BCUT2D eigenvalue weighted by atomic mass is 10.1. The highest BCUT2D eigenvalue weighted by atomic mass is 32.1. The Balaban J connectivity index is 1.92. The Morgan fingerprint density at radius 2 is 2.25 bits per heavy atom. The maximum Gasteiger partial charge on any atom is 0.335 e. The van der Waals surface area contributed by atoms with E-state index in [0.29, 0.717) is 16.4 Å². The van der Waals surface area contributed by atoms with Crippen LogP contribution in [0.2, 0.25) is 0 Å². The number of aromatic nitrogens is 1. The number of hydrogen-bond acceptors (Lipinski definition) is 5. The molecule has 2 aromatic rings. The second-order valence-electron chi connectivity index (χ2n) is 3.96. The number of hydrogen-bond donors (Lipinski definition) is 2. The van der Waals surface area contributed by atoms with Gasteiger partial charge in [0.15, 0.2) is 11.7 Å². The zero-order valence-corrected chi connectivity index (χ0v) is 11.4. The van der Waals surface area contributed by atoms with Gasteiger partial charge in [-0.1, -0.05) is 0 Å². The number of aromatic carboxylic acids is 1. The molecular formula is C13H12N2O4S. The standard InChI is InChI=1S/C13H12N2O4S/c1-8-6-9(2-3-10(8)12(17)18)19-7-11(16)15-13-14-4-5-20-13/h2-6H,7H2,1H3,(H,17,18)(H,14,15,16). The van der Waals surface area contributed by atoms with E-state index >= 15 is 0 Å². The first-order chi connectivity index (χ1) is 9.56. The van der Waals surface area contributed by atoms with E-state index in [4.69, 9.17) is 9.84 Å². The van der Waals surface area contributed by atoms with Crippen LogP contribution in [0, 0.1) is 6.92 Å². The zero-order chi connectivity index (χ0) is 14.5. The van der Waals surface area contributed by atoms with Gasteiger partial charge in [-0.2, -0.15) is 0 Å². The SMILES string of the molecule is Cc1cc(OCC(=O)Nc2nccs2)ccc1C(=O)O. The third-order valence-corrected chi connectivity index (χ3v) is 3.17. The van der Waals surface area contributed by atoms with Gasteiger partial charge in [-0.15, -0.1) is 11.3 Å². The van der Waals surface area contributed by atoms with Crippen molar-refractivity contribution in [2.24, 2.45) is 0 Å². The molecule has 20 heavy (non-hydrogen) atoms. The number of benzene rings is 1. The Hall–Kier alpha value is -2.41. The molecular weight excluding hydrogens is 280 g/mol. The summed E-state index contributed by atoms with van der Waals surface area (Å²) in [7, 11) is 0. The molecule has 0 spiro atoms. The van der Waals surface area contributed by atoms with Gasteiger partial charge in [0, 0.05) is 11.6 Å². The van der Waals surface area contributed by atoms with Gasteiger partial charge in [0.25, 0.3) is 5.91 Å². The Morgan fingerprint density at radius 3 is 2.85 bits per heavy atom. The minimum Gasteiger partial charge on any atom is -0.484 e. The monoisotopic (exact) mass is 292 g/mol.